The summed E-state index contributed by atoms with van der Waals surface area (Å²) in [6.45, 7) is 2.15. The molecule has 0 unspecified atom stereocenters. The van der Waals surface area contributed by atoms with Crippen molar-refractivity contribution in [3.8, 4) is 0 Å². The summed E-state index contributed by atoms with van der Waals surface area (Å²) in [4.78, 5) is 37.9. The van der Waals surface area contributed by atoms with E-state index in [1.54, 1.807) is 28.5 Å². The third kappa shape index (κ3) is 4.06. The Hall–Kier alpha value is -2.67. The topological polar surface area (TPSA) is 75.7 Å². The Morgan fingerprint density at radius 3 is 2.84 bits per heavy atom. The second-order valence-electron chi connectivity index (χ2n) is 5.76. The maximum atomic E-state index is 12.0. The molecule has 0 aliphatic carbocycles. The van der Waals surface area contributed by atoms with Crippen LogP contribution in [0.15, 0.2) is 35.7 Å². The van der Waals surface area contributed by atoms with Crippen molar-refractivity contribution in [1.82, 2.24) is 0 Å². The molecule has 7 heteroatoms. The largest absolute Gasteiger partial charge is 0.451 e. The van der Waals surface area contributed by atoms with Gasteiger partial charge in [-0.05, 0) is 48.6 Å². The van der Waals surface area contributed by atoms with Crippen LogP contribution in [-0.4, -0.2) is 30.9 Å². The molecule has 1 aromatic heterocycles. The first-order valence-corrected chi connectivity index (χ1v) is 8.84. The zero-order valence-electron chi connectivity index (χ0n) is 13.8. The highest BCUT2D eigenvalue weighted by atomic mass is 32.1. The van der Waals surface area contributed by atoms with E-state index in [1.165, 1.54) is 11.3 Å². The molecule has 3 rings (SSSR count). The molecule has 25 heavy (non-hydrogen) atoms. The molecule has 1 N–H and O–H groups in total. The van der Waals surface area contributed by atoms with E-state index in [0.29, 0.717) is 23.5 Å². The minimum absolute atomic E-state index is 0.0868. The fraction of sp³-hybridized carbons (Fsp3) is 0.278. The van der Waals surface area contributed by atoms with Crippen molar-refractivity contribution in [1.29, 1.82) is 0 Å². The van der Waals surface area contributed by atoms with Crippen LogP contribution in [0.2, 0.25) is 0 Å². The lowest BCUT2D eigenvalue weighted by molar-refractivity contribution is -0.119. The molecule has 0 saturated carbocycles. The van der Waals surface area contributed by atoms with Gasteiger partial charge in [-0.15, -0.1) is 11.3 Å². The van der Waals surface area contributed by atoms with E-state index in [-0.39, 0.29) is 12.5 Å². The van der Waals surface area contributed by atoms with Crippen LogP contribution in [0.1, 0.15) is 28.1 Å². The molecule has 2 heterocycles. The van der Waals surface area contributed by atoms with Gasteiger partial charge in [-0.25, -0.2) is 4.79 Å². The number of thiophene rings is 1. The monoisotopic (exact) mass is 358 g/mol. The van der Waals surface area contributed by atoms with Crippen molar-refractivity contribution in [3.63, 3.8) is 0 Å². The Balaban J connectivity index is 1.57. The van der Waals surface area contributed by atoms with Crippen LogP contribution in [0.5, 0.6) is 0 Å². The lowest BCUT2D eigenvalue weighted by Gasteiger charge is -2.16. The number of benzene rings is 1. The number of anilines is 2. The zero-order chi connectivity index (χ0) is 17.8. The van der Waals surface area contributed by atoms with Gasteiger partial charge in [0.25, 0.3) is 5.91 Å². The fourth-order valence-electron chi connectivity index (χ4n) is 2.65. The summed E-state index contributed by atoms with van der Waals surface area (Å²) >= 11 is 1.29. The number of nitrogens with one attached hydrogen (secondary N) is 1. The molecule has 1 aromatic carbocycles. The number of rotatable bonds is 5. The average Bonchev–Trinajstić information content (AvgIpc) is 3.21. The van der Waals surface area contributed by atoms with Gasteiger partial charge in [0.2, 0.25) is 5.91 Å². The van der Waals surface area contributed by atoms with Crippen LogP contribution >= 0.6 is 11.3 Å². The SMILES string of the molecule is Cc1ccsc1C(=O)OCC(=O)Nc1cccc(N2CCCC2=O)c1. The summed E-state index contributed by atoms with van der Waals surface area (Å²) in [7, 11) is 0. The number of esters is 1. The molecule has 6 nitrogen and oxygen atoms in total. The summed E-state index contributed by atoms with van der Waals surface area (Å²) in [5.41, 5.74) is 2.15. The first-order chi connectivity index (χ1) is 12.0. The second kappa shape index (κ2) is 7.48. The highest BCUT2D eigenvalue weighted by Gasteiger charge is 2.22. The van der Waals surface area contributed by atoms with Crippen molar-refractivity contribution in [2.45, 2.75) is 19.8 Å². The van der Waals surface area contributed by atoms with E-state index >= 15 is 0 Å². The Morgan fingerprint density at radius 1 is 1.32 bits per heavy atom. The Morgan fingerprint density at radius 2 is 2.16 bits per heavy atom. The maximum Gasteiger partial charge on any atom is 0.349 e. The van der Waals surface area contributed by atoms with Gasteiger partial charge < -0.3 is 15.0 Å². The highest BCUT2D eigenvalue weighted by molar-refractivity contribution is 7.12. The Kier molecular flexibility index (Phi) is 5.14. The molecule has 1 aliphatic heterocycles. The van der Waals surface area contributed by atoms with Gasteiger partial charge in [-0.1, -0.05) is 6.07 Å². The van der Waals surface area contributed by atoms with Gasteiger partial charge in [-0.3, -0.25) is 9.59 Å². The number of aryl methyl sites for hydroxylation is 1. The molecule has 0 atom stereocenters. The lowest BCUT2D eigenvalue weighted by Crippen LogP contribution is -2.24. The number of nitrogens with zero attached hydrogens (tertiary/aromatic N) is 1. The molecule has 1 aliphatic rings. The van der Waals surface area contributed by atoms with Crippen LogP contribution < -0.4 is 10.2 Å². The molecule has 1 fully saturated rings. The van der Waals surface area contributed by atoms with Gasteiger partial charge >= 0.3 is 5.97 Å². The van der Waals surface area contributed by atoms with Crippen molar-refractivity contribution in [2.24, 2.45) is 0 Å². The molecule has 2 amide bonds. The molecular formula is C18H18N2O4S. The van der Waals surface area contributed by atoms with Gasteiger partial charge in [0.1, 0.15) is 4.88 Å². The summed E-state index contributed by atoms with van der Waals surface area (Å²) in [6, 6.07) is 8.90. The third-order valence-electron chi connectivity index (χ3n) is 3.90. The maximum absolute atomic E-state index is 12.0. The minimum atomic E-state index is -0.501. The molecule has 1 saturated heterocycles. The smallest absolute Gasteiger partial charge is 0.349 e. The minimum Gasteiger partial charge on any atom is -0.451 e. The molecule has 130 valence electrons. The van der Waals surface area contributed by atoms with Crippen LogP contribution in [0, 0.1) is 6.92 Å². The Bertz CT molecular complexity index is 815. The first-order valence-electron chi connectivity index (χ1n) is 7.96. The lowest BCUT2D eigenvalue weighted by atomic mass is 10.2. The van der Waals surface area contributed by atoms with E-state index in [1.807, 2.05) is 19.1 Å². The number of hydrogen-bond acceptors (Lipinski definition) is 5. The number of carbonyl (C=O) groups excluding carboxylic acids is 3. The van der Waals surface area contributed by atoms with Crippen LogP contribution in [0.3, 0.4) is 0 Å². The van der Waals surface area contributed by atoms with Crippen molar-refractivity contribution in [3.05, 3.63) is 46.2 Å². The molecule has 0 bridgehead atoms. The summed E-state index contributed by atoms with van der Waals surface area (Å²) in [5.74, 6) is -0.838. The quantitative estimate of drug-likeness (QED) is 0.834. The Labute approximate surface area is 149 Å². The predicted molar refractivity (Wildman–Crippen MR) is 96.0 cm³/mol. The first kappa shape index (κ1) is 17.2. The van der Waals surface area contributed by atoms with Crippen molar-refractivity contribution >= 4 is 40.5 Å². The predicted octanol–water partition coefficient (Wildman–Crippen LogP) is 2.98. The fourth-order valence-corrected chi connectivity index (χ4v) is 3.47. The van der Waals surface area contributed by atoms with Gasteiger partial charge in [0, 0.05) is 24.3 Å². The zero-order valence-corrected chi connectivity index (χ0v) is 14.6. The van der Waals surface area contributed by atoms with Crippen molar-refractivity contribution < 1.29 is 19.1 Å². The number of carbonyl (C=O) groups is 3. The normalized spacial score (nSPS) is 13.8. The number of amides is 2. The number of ether oxygens (including phenoxy) is 1. The molecular weight excluding hydrogens is 340 g/mol. The van der Waals surface area contributed by atoms with E-state index in [0.717, 1.165) is 17.7 Å². The van der Waals surface area contributed by atoms with E-state index in [4.69, 9.17) is 4.74 Å². The van der Waals surface area contributed by atoms with E-state index in [2.05, 4.69) is 5.32 Å². The summed E-state index contributed by atoms with van der Waals surface area (Å²) < 4.78 is 5.04. The van der Waals surface area contributed by atoms with Gasteiger partial charge in [0.05, 0.1) is 0 Å². The highest BCUT2D eigenvalue weighted by Crippen LogP contribution is 2.24. The third-order valence-corrected chi connectivity index (χ3v) is 4.89. The molecule has 0 radical (unpaired) electrons. The molecule has 0 spiro atoms. The average molecular weight is 358 g/mol. The van der Waals surface area contributed by atoms with Crippen LogP contribution in [-0.2, 0) is 14.3 Å². The number of hydrogen-bond donors (Lipinski definition) is 1. The van der Waals surface area contributed by atoms with Gasteiger partial charge in [0.15, 0.2) is 6.61 Å². The van der Waals surface area contributed by atoms with Gasteiger partial charge in [-0.2, -0.15) is 0 Å². The van der Waals surface area contributed by atoms with Crippen LogP contribution in [0.4, 0.5) is 11.4 Å². The van der Waals surface area contributed by atoms with E-state index < -0.39 is 11.9 Å². The molecule has 2 aromatic rings. The van der Waals surface area contributed by atoms with Crippen LogP contribution in [0.25, 0.3) is 0 Å². The summed E-state index contributed by atoms with van der Waals surface area (Å²) in [5, 5.41) is 4.49. The second-order valence-corrected chi connectivity index (χ2v) is 6.67. The standard InChI is InChI=1S/C18H18N2O4S/c1-12-7-9-25-17(12)18(23)24-11-15(21)19-13-4-2-5-14(10-13)20-8-3-6-16(20)22/h2,4-5,7,9-10H,3,6,8,11H2,1H3,(H,19,21). The van der Waals surface area contributed by atoms with Crippen molar-refractivity contribution in [2.75, 3.05) is 23.4 Å². The van der Waals surface area contributed by atoms with E-state index in [9.17, 15) is 14.4 Å². The summed E-state index contributed by atoms with van der Waals surface area (Å²) in [6.07, 6.45) is 1.39.